The minimum atomic E-state index is -0.309. The molecule has 18 heavy (non-hydrogen) atoms. The topological polar surface area (TPSA) is 67.6 Å². The third kappa shape index (κ3) is 10.5. The van der Waals surface area contributed by atoms with E-state index in [0.29, 0.717) is 18.3 Å². The molecule has 0 atom stereocenters. The van der Waals surface area contributed by atoms with Gasteiger partial charge in [0.1, 0.15) is 0 Å². The Bertz CT molecular complexity index is 208. The Labute approximate surface area is 111 Å². The Kier molecular flexibility index (Phi) is 9.92. The Morgan fingerprint density at radius 2 is 1.61 bits per heavy atom. The quantitative estimate of drug-likeness (QED) is 0.461. The van der Waals surface area contributed by atoms with Crippen LogP contribution in [0, 0.1) is 11.8 Å². The van der Waals surface area contributed by atoms with Crippen molar-refractivity contribution in [2.24, 2.45) is 17.7 Å². The molecule has 3 N–H and O–H groups in total. The second kappa shape index (κ2) is 10.3. The van der Waals surface area contributed by atoms with Gasteiger partial charge < -0.3 is 9.74 Å². The molecule has 0 aliphatic carbocycles. The third-order valence-corrected chi connectivity index (χ3v) is 2.85. The smallest absolute Gasteiger partial charge is 0.327 e. The predicted octanol–water partition coefficient (Wildman–Crippen LogP) is 1.69. The van der Waals surface area contributed by atoms with Gasteiger partial charge in [0, 0.05) is 6.54 Å². The fourth-order valence-corrected chi connectivity index (χ4v) is 1.58. The molecule has 0 radical (unpaired) electrons. The van der Waals surface area contributed by atoms with Crippen LogP contribution in [0.2, 0.25) is 0 Å². The molecule has 0 heterocycles. The summed E-state index contributed by atoms with van der Waals surface area (Å²) >= 11 is 0. The molecule has 0 aromatic heterocycles. The summed E-state index contributed by atoms with van der Waals surface area (Å²) in [4.78, 5) is 18.1. The van der Waals surface area contributed by atoms with E-state index in [-0.39, 0.29) is 5.97 Å². The van der Waals surface area contributed by atoms with Gasteiger partial charge in [0.25, 0.3) is 0 Å². The zero-order valence-corrected chi connectivity index (χ0v) is 12.2. The van der Waals surface area contributed by atoms with Crippen molar-refractivity contribution in [2.75, 3.05) is 19.6 Å². The lowest BCUT2D eigenvalue weighted by Crippen LogP contribution is -2.32. The molecule has 0 saturated carbocycles. The van der Waals surface area contributed by atoms with Gasteiger partial charge in [-0.1, -0.05) is 33.3 Å². The number of nitrogens with one attached hydrogen (secondary N) is 1. The highest BCUT2D eigenvalue weighted by Gasteiger charge is 2.10. The van der Waals surface area contributed by atoms with Gasteiger partial charge >= 0.3 is 5.97 Å². The maximum atomic E-state index is 11.2. The first-order valence-corrected chi connectivity index (χ1v) is 6.83. The molecule has 5 nitrogen and oxygen atoms in total. The summed E-state index contributed by atoms with van der Waals surface area (Å²) in [6.07, 6.45) is 2.69. The molecule has 0 saturated heterocycles. The predicted molar refractivity (Wildman–Crippen MR) is 73.4 cm³/mol. The molecule has 108 valence electrons. The van der Waals surface area contributed by atoms with Crippen LogP contribution in [0.3, 0.4) is 0 Å². The molecule has 0 bridgehead atoms. The first kappa shape index (κ1) is 17.4. The molecule has 0 unspecified atom stereocenters. The molecule has 0 rings (SSSR count). The van der Waals surface area contributed by atoms with Crippen molar-refractivity contribution in [1.29, 1.82) is 0 Å². The first-order chi connectivity index (χ1) is 8.45. The summed E-state index contributed by atoms with van der Waals surface area (Å²) in [5, 5.41) is 0. The maximum absolute atomic E-state index is 11.2. The van der Waals surface area contributed by atoms with E-state index < -0.39 is 0 Å². The van der Waals surface area contributed by atoms with Crippen molar-refractivity contribution in [3.63, 3.8) is 0 Å². The SMILES string of the molecule is CC(C)CCN(CCC(=O)ONN)CCC(C)C. The molecule has 0 aliphatic heterocycles. The van der Waals surface area contributed by atoms with E-state index in [1.165, 1.54) is 0 Å². The molecule has 0 aliphatic rings. The average Bonchev–Trinajstić information content (AvgIpc) is 2.27. The van der Waals surface area contributed by atoms with E-state index in [9.17, 15) is 4.79 Å². The van der Waals surface area contributed by atoms with Gasteiger partial charge in [-0.25, -0.2) is 5.84 Å². The number of hydrogen-bond acceptors (Lipinski definition) is 5. The fraction of sp³-hybridized carbons (Fsp3) is 0.923. The van der Waals surface area contributed by atoms with Crippen LogP contribution in [-0.4, -0.2) is 30.5 Å². The fourth-order valence-electron chi connectivity index (χ4n) is 1.58. The van der Waals surface area contributed by atoms with E-state index in [1.54, 1.807) is 0 Å². The molecular formula is C13H29N3O2. The van der Waals surface area contributed by atoms with Crippen molar-refractivity contribution >= 4 is 5.97 Å². The number of nitrogens with two attached hydrogens (primary N) is 1. The van der Waals surface area contributed by atoms with E-state index >= 15 is 0 Å². The molecule has 0 aromatic carbocycles. The lowest BCUT2D eigenvalue weighted by atomic mass is 10.1. The van der Waals surface area contributed by atoms with E-state index in [2.05, 4.69) is 37.4 Å². The van der Waals surface area contributed by atoms with Crippen molar-refractivity contribution in [3.05, 3.63) is 0 Å². The number of hydrogen-bond donors (Lipinski definition) is 2. The number of hydrazine groups is 1. The van der Waals surface area contributed by atoms with Gasteiger partial charge in [-0.3, -0.25) is 4.79 Å². The summed E-state index contributed by atoms with van der Waals surface area (Å²) in [6.45, 7) is 11.7. The van der Waals surface area contributed by atoms with Gasteiger partial charge in [0.2, 0.25) is 0 Å². The van der Waals surface area contributed by atoms with Crippen molar-refractivity contribution in [1.82, 2.24) is 10.5 Å². The van der Waals surface area contributed by atoms with E-state index in [4.69, 9.17) is 5.84 Å². The van der Waals surface area contributed by atoms with Gasteiger partial charge in [0.05, 0.1) is 6.42 Å². The van der Waals surface area contributed by atoms with Gasteiger partial charge in [0.15, 0.2) is 0 Å². The number of nitrogens with zero attached hydrogens (tertiary/aromatic N) is 1. The van der Waals surface area contributed by atoms with Crippen molar-refractivity contribution in [2.45, 2.75) is 47.0 Å². The summed E-state index contributed by atoms with van der Waals surface area (Å²) in [5.74, 6) is 5.99. The highest BCUT2D eigenvalue weighted by molar-refractivity contribution is 5.69. The lowest BCUT2D eigenvalue weighted by Gasteiger charge is -2.23. The highest BCUT2D eigenvalue weighted by atomic mass is 16.7. The maximum Gasteiger partial charge on any atom is 0.327 e. The van der Waals surface area contributed by atoms with Gasteiger partial charge in [-0.2, -0.15) is 0 Å². The zero-order chi connectivity index (χ0) is 14.0. The molecule has 5 heteroatoms. The van der Waals surface area contributed by atoms with Crippen LogP contribution in [0.4, 0.5) is 0 Å². The van der Waals surface area contributed by atoms with Crippen molar-refractivity contribution < 1.29 is 9.63 Å². The van der Waals surface area contributed by atoms with Crippen molar-refractivity contribution in [3.8, 4) is 0 Å². The highest BCUT2D eigenvalue weighted by Crippen LogP contribution is 2.07. The minimum absolute atomic E-state index is 0.309. The number of carbonyl (C=O) groups excluding carboxylic acids is 1. The minimum Gasteiger partial charge on any atom is -0.356 e. The zero-order valence-electron chi connectivity index (χ0n) is 12.2. The van der Waals surface area contributed by atoms with E-state index in [0.717, 1.165) is 32.5 Å². The van der Waals surface area contributed by atoms with Crippen LogP contribution >= 0.6 is 0 Å². The summed E-state index contributed by atoms with van der Waals surface area (Å²) in [7, 11) is 0. The average molecular weight is 259 g/mol. The van der Waals surface area contributed by atoms with Crippen LogP contribution in [0.1, 0.15) is 47.0 Å². The normalized spacial score (nSPS) is 11.6. The largest absolute Gasteiger partial charge is 0.356 e. The summed E-state index contributed by atoms with van der Waals surface area (Å²) in [6, 6.07) is 0. The number of rotatable bonds is 10. The van der Waals surface area contributed by atoms with Gasteiger partial charge in [-0.15, -0.1) is 0 Å². The standard InChI is InChI=1S/C13H29N3O2/c1-11(2)5-8-16(9-6-12(3)4)10-7-13(17)18-15-14/h11-12,15H,5-10,14H2,1-4H3. The van der Waals surface area contributed by atoms with Crippen LogP contribution in [0.25, 0.3) is 0 Å². The second-order valence-electron chi connectivity index (χ2n) is 5.55. The molecule has 0 amide bonds. The molecule has 0 spiro atoms. The van der Waals surface area contributed by atoms with Crippen LogP contribution < -0.4 is 11.4 Å². The Balaban J connectivity index is 3.98. The van der Waals surface area contributed by atoms with Crippen LogP contribution in [0.5, 0.6) is 0 Å². The Morgan fingerprint density at radius 3 is 2.00 bits per heavy atom. The molecule has 0 aromatic rings. The third-order valence-electron chi connectivity index (χ3n) is 2.85. The first-order valence-electron chi connectivity index (χ1n) is 6.83. The molecular weight excluding hydrogens is 230 g/mol. The summed E-state index contributed by atoms with van der Waals surface area (Å²) < 4.78 is 0. The Morgan fingerprint density at radius 1 is 1.11 bits per heavy atom. The van der Waals surface area contributed by atoms with E-state index in [1.807, 2.05) is 5.59 Å². The number of carbonyl (C=O) groups is 1. The lowest BCUT2D eigenvalue weighted by molar-refractivity contribution is -0.151. The Hall–Kier alpha value is -0.650. The molecule has 0 fully saturated rings. The monoisotopic (exact) mass is 259 g/mol. The van der Waals surface area contributed by atoms with Gasteiger partial charge in [-0.05, 0) is 37.8 Å². The van der Waals surface area contributed by atoms with Crippen LogP contribution in [0.15, 0.2) is 0 Å². The van der Waals surface area contributed by atoms with Crippen LogP contribution in [-0.2, 0) is 9.63 Å². The summed E-state index contributed by atoms with van der Waals surface area (Å²) in [5.41, 5.74) is 1.92. The second-order valence-corrected chi connectivity index (χ2v) is 5.55.